The fourth-order valence-electron chi connectivity index (χ4n) is 2.69. The molecule has 166 valence electrons. The summed E-state index contributed by atoms with van der Waals surface area (Å²) in [4.78, 5) is 17.6. The standard InChI is InChI=1S/C21H29N7O3/c1-6-20(23-22-15(3)16(4)24-31-12-17-10-11-17)30-13-18-14(2)8-7-9-19(18)28-21(29)27(5)25-26-28/h7-9,17H,6,10-13H2,1-5H3/b22-15-,23-20+,24-16+. The molecular weight excluding hydrogens is 398 g/mol. The Labute approximate surface area is 181 Å². The Balaban J connectivity index is 1.71. The van der Waals surface area contributed by atoms with Gasteiger partial charge in [-0.1, -0.05) is 24.2 Å². The highest BCUT2D eigenvalue weighted by molar-refractivity contribution is 6.40. The lowest BCUT2D eigenvalue weighted by Crippen LogP contribution is -2.23. The highest BCUT2D eigenvalue weighted by Gasteiger charge is 2.22. The summed E-state index contributed by atoms with van der Waals surface area (Å²) in [6, 6.07) is 5.63. The maximum Gasteiger partial charge on any atom is 0.368 e. The van der Waals surface area contributed by atoms with E-state index in [9.17, 15) is 4.79 Å². The molecule has 0 amide bonds. The lowest BCUT2D eigenvalue weighted by atomic mass is 10.1. The summed E-state index contributed by atoms with van der Waals surface area (Å²) in [6.45, 7) is 8.45. The van der Waals surface area contributed by atoms with Gasteiger partial charge in [-0.25, -0.2) is 4.79 Å². The van der Waals surface area contributed by atoms with Crippen LogP contribution in [0, 0.1) is 12.8 Å². The van der Waals surface area contributed by atoms with Crippen molar-refractivity contribution in [1.29, 1.82) is 0 Å². The van der Waals surface area contributed by atoms with E-state index < -0.39 is 0 Å². The van der Waals surface area contributed by atoms with Crippen LogP contribution in [-0.4, -0.2) is 43.7 Å². The molecule has 1 heterocycles. The van der Waals surface area contributed by atoms with Gasteiger partial charge in [-0.2, -0.15) is 14.5 Å². The summed E-state index contributed by atoms with van der Waals surface area (Å²) < 4.78 is 8.36. The molecule has 31 heavy (non-hydrogen) atoms. The number of ether oxygens (including phenoxy) is 1. The number of tetrazole rings is 1. The maximum atomic E-state index is 12.3. The Kier molecular flexibility index (Phi) is 7.32. The minimum atomic E-state index is -0.324. The number of nitrogens with zero attached hydrogens (tertiary/aromatic N) is 7. The van der Waals surface area contributed by atoms with Crippen molar-refractivity contribution in [2.75, 3.05) is 6.61 Å². The fraction of sp³-hybridized carbons (Fsp3) is 0.524. The zero-order valence-electron chi connectivity index (χ0n) is 18.7. The second-order valence-electron chi connectivity index (χ2n) is 7.61. The van der Waals surface area contributed by atoms with E-state index in [4.69, 9.17) is 9.57 Å². The molecule has 3 rings (SSSR count). The van der Waals surface area contributed by atoms with E-state index in [2.05, 4.69) is 25.8 Å². The molecule has 0 N–H and O–H groups in total. The van der Waals surface area contributed by atoms with Crippen LogP contribution < -0.4 is 5.69 Å². The molecule has 0 bridgehead atoms. The third-order valence-corrected chi connectivity index (χ3v) is 5.06. The highest BCUT2D eigenvalue weighted by atomic mass is 16.6. The first-order chi connectivity index (χ1) is 14.9. The Morgan fingerprint density at radius 2 is 1.97 bits per heavy atom. The summed E-state index contributed by atoms with van der Waals surface area (Å²) in [5.41, 5.74) is 3.45. The van der Waals surface area contributed by atoms with Crippen LogP contribution in [0.1, 0.15) is 51.2 Å². The Morgan fingerprint density at radius 3 is 2.61 bits per heavy atom. The van der Waals surface area contributed by atoms with Crippen LogP contribution in [0.2, 0.25) is 0 Å². The number of aryl methyl sites for hydroxylation is 2. The van der Waals surface area contributed by atoms with Crippen molar-refractivity contribution in [3.8, 4) is 5.69 Å². The van der Waals surface area contributed by atoms with Crippen LogP contribution in [-0.2, 0) is 23.2 Å². The SMILES string of the molecule is CC\C(=N/N=C(C)\C(C)=N\OCC1CC1)OCc1c(C)cccc1-n1nnn(C)c1=O. The monoisotopic (exact) mass is 427 g/mol. The first kappa shape index (κ1) is 22.4. The van der Waals surface area contributed by atoms with E-state index in [1.165, 1.54) is 22.2 Å². The van der Waals surface area contributed by atoms with Crippen LogP contribution in [0.4, 0.5) is 0 Å². The molecule has 1 aromatic carbocycles. The summed E-state index contributed by atoms with van der Waals surface area (Å²) in [7, 11) is 1.56. The van der Waals surface area contributed by atoms with Crippen molar-refractivity contribution in [2.45, 2.75) is 53.6 Å². The summed E-state index contributed by atoms with van der Waals surface area (Å²) in [5, 5.41) is 20.3. The van der Waals surface area contributed by atoms with Gasteiger partial charge in [0.1, 0.15) is 13.2 Å². The minimum absolute atomic E-state index is 0.226. The van der Waals surface area contributed by atoms with Crippen LogP contribution in [0.25, 0.3) is 5.69 Å². The molecule has 0 aliphatic heterocycles. The molecule has 10 heteroatoms. The van der Waals surface area contributed by atoms with E-state index in [0.29, 0.717) is 42.0 Å². The molecule has 1 aromatic heterocycles. The van der Waals surface area contributed by atoms with Crippen molar-refractivity contribution in [3.63, 3.8) is 0 Å². The summed E-state index contributed by atoms with van der Waals surface area (Å²) in [5.74, 6) is 1.13. The topological polar surface area (TPSA) is 108 Å². The van der Waals surface area contributed by atoms with Crippen molar-refractivity contribution in [1.82, 2.24) is 19.8 Å². The predicted molar refractivity (Wildman–Crippen MR) is 119 cm³/mol. The van der Waals surface area contributed by atoms with E-state index in [1.807, 2.05) is 45.9 Å². The number of benzene rings is 1. The molecule has 0 spiro atoms. The highest BCUT2D eigenvalue weighted by Crippen LogP contribution is 2.28. The predicted octanol–water partition coefficient (Wildman–Crippen LogP) is 2.78. The summed E-state index contributed by atoms with van der Waals surface area (Å²) >= 11 is 0. The van der Waals surface area contributed by atoms with Crippen molar-refractivity contribution < 1.29 is 9.57 Å². The minimum Gasteiger partial charge on any atom is -0.475 e. The maximum absolute atomic E-state index is 12.3. The third kappa shape index (κ3) is 5.87. The molecule has 0 unspecified atom stereocenters. The molecule has 1 saturated carbocycles. The van der Waals surface area contributed by atoms with Gasteiger partial charge in [0, 0.05) is 19.0 Å². The first-order valence-corrected chi connectivity index (χ1v) is 10.4. The van der Waals surface area contributed by atoms with Gasteiger partial charge in [-0.15, -0.1) is 5.10 Å². The van der Waals surface area contributed by atoms with Gasteiger partial charge in [-0.3, -0.25) is 0 Å². The van der Waals surface area contributed by atoms with Gasteiger partial charge in [0.2, 0.25) is 5.90 Å². The number of rotatable bonds is 9. The van der Waals surface area contributed by atoms with Gasteiger partial charge < -0.3 is 9.57 Å². The molecular formula is C21H29N7O3. The fourth-order valence-corrected chi connectivity index (χ4v) is 2.69. The molecule has 1 fully saturated rings. The average molecular weight is 428 g/mol. The van der Waals surface area contributed by atoms with E-state index in [1.54, 1.807) is 7.05 Å². The van der Waals surface area contributed by atoms with Crippen LogP contribution >= 0.6 is 0 Å². The quantitative estimate of drug-likeness (QED) is 0.347. The average Bonchev–Trinajstić information content (AvgIpc) is 3.52. The van der Waals surface area contributed by atoms with Crippen molar-refractivity contribution in [3.05, 3.63) is 39.8 Å². The van der Waals surface area contributed by atoms with Gasteiger partial charge in [0.25, 0.3) is 0 Å². The number of oxime groups is 1. The lowest BCUT2D eigenvalue weighted by Gasteiger charge is -2.13. The Morgan fingerprint density at radius 1 is 1.19 bits per heavy atom. The van der Waals surface area contributed by atoms with Crippen LogP contribution in [0.3, 0.4) is 0 Å². The smallest absolute Gasteiger partial charge is 0.368 e. The van der Waals surface area contributed by atoms with Crippen LogP contribution in [0.15, 0.2) is 38.4 Å². The normalized spacial score (nSPS) is 15.3. The van der Waals surface area contributed by atoms with Crippen molar-refractivity contribution >= 4 is 17.3 Å². The van der Waals surface area contributed by atoms with E-state index >= 15 is 0 Å². The lowest BCUT2D eigenvalue weighted by molar-refractivity contribution is 0.134. The first-order valence-electron chi connectivity index (χ1n) is 10.4. The Bertz CT molecular complexity index is 1060. The van der Waals surface area contributed by atoms with Crippen LogP contribution in [0.5, 0.6) is 0 Å². The summed E-state index contributed by atoms with van der Waals surface area (Å²) in [6.07, 6.45) is 3.01. The number of hydrogen-bond donors (Lipinski definition) is 0. The molecule has 0 radical (unpaired) electrons. The molecule has 0 saturated heterocycles. The van der Waals surface area contributed by atoms with E-state index in [0.717, 1.165) is 11.1 Å². The molecule has 10 nitrogen and oxygen atoms in total. The zero-order valence-corrected chi connectivity index (χ0v) is 18.7. The second kappa shape index (κ2) is 10.1. The van der Waals surface area contributed by atoms with Crippen molar-refractivity contribution in [2.24, 2.45) is 28.3 Å². The van der Waals surface area contributed by atoms with Gasteiger partial charge in [0.15, 0.2) is 0 Å². The van der Waals surface area contributed by atoms with Gasteiger partial charge in [-0.05, 0) is 61.6 Å². The second-order valence-corrected chi connectivity index (χ2v) is 7.61. The third-order valence-electron chi connectivity index (χ3n) is 5.06. The molecule has 0 atom stereocenters. The van der Waals surface area contributed by atoms with E-state index in [-0.39, 0.29) is 12.3 Å². The molecule has 1 aliphatic carbocycles. The molecule has 1 aliphatic rings. The number of aromatic nitrogens is 4. The number of hydrogen-bond acceptors (Lipinski definition) is 8. The Hall–Kier alpha value is -3.30. The van der Waals surface area contributed by atoms with Gasteiger partial charge in [0.05, 0.1) is 17.1 Å². The zero-order chi connectivity index (χ0) is 22.4. The van der Waals surface area contributed by atoms with Gasteiger partial charge >= 0.3 is 5.69 Å². The largest absolute Gasteiger partial charge is 0.475 e. The molecule has 2 aromatic rings.